The minimum absolute atomic E-state index is 0. The molecule has 0 aliphatic carbocycles. The number of carbonyl (C=O) groups is 2. The number of hydrogen-bond donors (Lipinski definition) is 3. The van der Waals surface area contributed by atoms with Gasteiger partial charge in [0.25, 0.3) is 0 Å². The molecule has 0 bridgehead atoms. The second-order valence-electron chi connectivity index (χ2n) is 8.06. The van der Waals surface area contributed by atoms with Gasteiger partial charge in [0, 0.05) is 18.2 Å². The van der Waals surface area contributed by atoms with Crippen molar-refractivity contribution in [3.05, 3.63) is 29.8 Å². The van der Waals surface area contributed by atoms with Crippen molar-refractivity contribution in [2.24, 2.45) is 0 Å². The van der Waals surface area contributed by atoms with E-state index in [1.165, 1.54) is 44.3 Å². The Kier molecular flexibility index (Phi) is 7.32. The summed E-state index contributed by atoms with van der Waals surface area (Å²) in [5.41, 5.74) is 2.34. The standard InChI is InChI=1S/C21H30N4O2.ClH/c26-20-6-5-19(21(27)24-20)23-17-3-1-15(2-4-17)16-9-13-25(14-10-16)18-7-11-22-12-8-18;/h1-4,16,18-19,22-23H,5-14H2,(H,24,26,27);1H. The van der Waals surface area contributed by atoms with Crippen LogP contribution in [0.25, 0.3) is 0 Å². The lowest BCUT2D eigenvalue weighted by atomic mass is 9.88. The summed E-state index contributed by atoms with van der Waals surface area (Å²) in [6.45, 7) is 4.72. The van der Waals surface area contributed by atoms with Crippen LogP contribution in [0.5, 0.6) is 0 Å². The Hall–Kier alpha value is -1.63. The largest absolute Gasteiger partial charge is 0.374 e. The Bertz CT molecular complexity index is 667. The highest BCUT2D eigenvalue weighted by molar-refractivity contribution is 6.01. The zero-order chi connectivity index (χ0) is 18.6. The van der Waals surface area contributed by atoms with E-state index >= 15 is 0 Å². The van der Waals surface area contributed by atoms with Crippen molar-refractivity contribution in [1.29, 1.82) is 0 Å². The van der Waals surface area contributed by atoms with Crippen LogP contribution < -0.4 is 16.0 Å². The molecule has 0 saturated carbocycles. The van der Waals surface area contributed by atoms with Crippen LogP contribution in [0.3, 0.4) is 0 Å². The van der Waals surface area contributed by atoms with Gasteiger partial charge < -0.3 is 15.5 Å². The first-order chi connectivity index (χ1) is 13.2. The van der Waals surface area contributed by atoms with Crippen molar-refractivity contribution in [2.75, 3.05) is 31.5 Å². The summed E-state index contributed by atoms with van der Waals surface area (Å²) in [5.74, 6) is 0.234. The maximum Gasteiger partial charge on any atom is 0.249 e. The molecule has 0 radical (unpaired) electrons. The molecule has 4 rings (SSSR count). The predicted octanol–water partition coefficient (Wildman–Crippen LogP) is 2.26. The molecule has 3 saturated heterocycles. The number of imide groups is 1. The van der Waals surface area contributed by atoms with Gasteiger partial charge in [-0.15, -0.1) is 12.4 Å². The minimum Gasteiger partial charge on any atom is -0.374 e. The van der Waals surface area contributed by atoms with Gasteiger partial charge in [-0.1, -0.05) is 12.1 Å². The molecule has 2 amide bonds. The molecule has 28 heavy (non-hydrogen) atoms. The van der Waals surface area contributed by atoms with Crippen LogP contribution in [-0.2, 0) is 9.59 Å². The van der Waals surface area contributed by atoms with Gasteiger partial charge in [0.15, 0.2) is 0 Å². The third-order valence-electron chi connectivity index (χ3n) is 6.32. The van der Waals surface area contributed by atoms with Crippen molar-refractivity contribution in [3.63, 3.8) is 0 Å². The minimum atomic E-state index is -0.318. The number of hydrogen-bond acceptors (Lipinski definition) is 5. The number of anilines is 1. The highest BCUT2D eigenvalue weighted by Crippen LogP contribution is 2.31. The average Bonchev–Trinajstić information content (AvgIpc) is 2.71. The first-order valence-electron chi connectivity index (χ1n) is 10.3. The van der Waals surface area contributed by atoms with Gasteiger partial charge in [0.2, 0.25) is 11.8 Å². The maximum atomic E-state index is 11.9. The van der Waals surface area contributed by atoms with E-state index in [2.05, 4.69) is 45.1 Å². The van der Waals surface area contributed by atoms with E-state index in [1.807, 2.05) is 0 Å². The second kappa shape index (κ2) is 9.72. The summed E-state index contributed by atoms with van der Waals surface area (Å²) < 4.78 is 0. The fraction of sp³-hybridized carbons (Fsp3) is 0.619. The van der Waals surface area contributed by atoms with Crippen molar-refractivity contribution in [1.82, 2.24) is 15.5 Å². The van der Waals surface area contributed by atoms with Gasteiger partial charge in [-0.3, -0.25) is 14.9 Å². The molecule has 154 valence electrons. The molecular formula is C21H31ClN4O2. The molecule has 1 atom stereocenters. The zero-order valence-electron chi connectivity index (χ0n) is 16.3. The molecule has 1 unspecified atom stereocenters. The van der Waals surface area contributed by atoms with E-state index in [0.29, 0.717) is 18.8 Å². The molecule has 3 fully saturated rings. The van der Waals surface area contributed by atoms with Crippen LogP contribution >= 0.6 is 12.4 Å². The lowest BCUT2D eigenvalue weighted by molar-refractivity contribution is -0.133. The van der Waals surface area contributed by atoms with E-state index in [9.17, 15) is 9.59 Å². The van der Waals surface area contributed by atoms with E-state index in [4.69, 9.17) is 0 Å². The number of rotatable bonds is 4. The van der Waals surface area contributed by atoms with Gasteiger partial charge in [0.1, 0.15) is 6.04 Å². The third kappa shape index (κ3) is 5.04. The van der Waals surface area contributed by atoms with Crippen LogP contribution in [0, 0.1) is 0 Å². The molecule has 3 N–H and O–H groups in total. The van der Waals surface area contributed by atoms with Gasteiger partial charge in [0.05, 0.1) is 0 Å². The number of likely N-dealkylation sites (tertiary alicyclic amines) is 1. The number of amides is 2. The lowest BCUT2D eigenvalue weighted by Gasteiger charge is -2.39. The normalized spacial score (nSPS) is 25.1. The number of benzene rings is 1. The van der Waals surface area contributed by atoms with Gasteiger partial charge in [-0.05, 0) is 81.9 Å². The highest BCUT2D eigenvalue weighted by atomic mass is 35.5. The molecule has 0 spiro atoms. The second-order valence-corrected chi connectivity index (χ2v) is 8.06. The van der Waals surface area contributed by atoms with Crippen molar-refractivity contribution in [3.8, 4) is 0 Å². The smallest absolute Gasteiger partial charge is 0.249 e. The molecule has 1 aromatic carbocycles. The zero-order valence-corrected chi connectivity index (χ0v) is 17.1. The van der Waals surface area contributed by atoms with E-state index in [1.54, 1.807) is 0 Å². The first-order valence-corrected chi connectivity index (χ1v) is 10.3. The maximum absolute atomic E-state index is 11.9. The molecule has 3 aliphatic heterocycles. The van der Waals surface area contributed by atoms with Crippen LogP contribution in [0.2, 0.25) is 0 Å². The number of piperidine rings is 3. The van der Waals surface area contributed by atoms with Crippen molar-refractivity contribution >= 4 is 29.9 Å². The van der Waals surface area contributed by atoms with E-state index in [0.717, 1.165) is 24.8 Å². The molecule has 3 heterocycles. The van der Waals surface area contributed by atoms with Crippen molar-refractivity contribution < 1.29 is 9.59 Å². The summed E-state index contributed by atoms with van der Waals surface area (Å²) in [6.07, 6.45) is 5.98. The number of carbonyl (C=O) groups excluding carboxylic acids is 2. The van der Waals surface area contributed by atoms with Crippen LogP contribution in [0.15, 0.2) is 24.3 Å². The molecular weight excluding hydrogens is 376 g/mol. The number of nitrogens with zero attached hydrogens (tertiary/aromatic N) is 1. The monoisotopic (exact) mass is 406 g/mol. The molecule has 0 aromatic heterocycles. The molecule has 1 aromatic rings. The topological polar surface area (TPSA) is 73.5 Å². The first kappa shape index (κ1) is 21.1. The Morgan fingerprint density at radius 1 is 0.929 bits per heavy atom. The fourth-order valence-corrected chi connectivity index (χ4v) is 4.65. The van der Waals surface area contributed by atoms with Gasteiger partial charge in [-0.2, -0.15) is 0 Å². The summed E-state index contributed by atoms with van der Waals surface area (Å²) >= 11 is 0. The summed E-state index contributed by atoms with van der Waals surface area (Å²) in [5, 5.41) is 9.10. The Morgan fingerprint density at radius 2 is 1.61 bits per heavy atom. The Labute approximate surface area is 173 Å². The average molecular weight is 407 g/mol. The van der Waals surface area contributed by atoms with Crippen LogP contribution in [0.1, 0.15) is 50.0 Å². The quantitative estimate of drug-likeness (QED) is 0.669. The van der Waals surface area contributed by atoms with Crippen molar-refractivity contribution in [2.45, 2.75) is 56.5 Å². The third-order valence-corrected chi connectivity index (χ3v) is 6.32. The molecule has 7 heteroatoms. The SMILES string of the molecule is Cl.O=C1CCC(Nc2ccc(C3CCN(C4CCNCC4)CC3)cc2)C(=O)N1. The predicted molar refractivity (Wildman–Crippen MR) is 113 cm³/mol. The van der Waals surface area contributed by atoms with E-state index < -0.39 is 0 Å². The van der Waals surface area contributed by atoms with Gasteiger partial charge in [-0.25, -0.2) is 0 Å². The summed E-state index contributed by atoms with van der Waals surface area (Å²) in [6, 6.07) is 8.98. The Morgan fingerprint density at radius 3 is 2.25 bits per heavy atom. The summed E-state index contributed by atoms with van der Waals surface area (Å²) in [7, 11) is 0. The summed E-state index contributed by atoms with van der Waals surface area (Å²) in [4.78, 5) is 25.8. The number of halogens is 1. The molecule has 6 nitrogen and oxygen atoms in total. The van der Waals surface area contributed by atoms with Gasteiger partial charge >= 0.3 is 0 Å². The highest BCUT2D eigenvalue weighted by Gasteiger charge is 2.28. The lowest BCUT2D eigenvalue weighted by Crippen LogP contribution is -2.47. The van der Waals surface area contributed by atoms with Crippen LogP contribution in [0.4, 0.5) is 5.69 Å². The number of nitrogens with one attached hydrogen (secondary N) is 3. The molecule has 3 aliphatic rings. The van der Waals surface area contributed by atoms with E-state index in [-0.39, 0.29) is 30.3 Å². The Balaban J connectivity index is 0.00000225. The van der Waals surface area contributed by atoms with Crippen LogP contribution in [-0.4, -0.2) is 55.0 Å². The fourth-order valence-electron chi connectivity index (χ4n) is 4.65.